The van der Waals surface area contributed by atoms with E-state index < -0.39 is 24.5 Å². The number of hydrogen-bond donors (Lipinski definition) is 2. The van der Waals surface area contributed by atoms with Crippen LogP contribution in [0.4, 0.5) is 5.69 Å². The van der Waals surface area contributed by atoms with E-state index in [1.54, 1.807) is 69.3 Å². The molecular formula is C21H23ClN2O4. The van der Waals surface area contributed by atoms with Gasteiger partial charge in [0.05, 0.1) is 0 Å². The lowest BCUT2D eigenvalue weighted by Crippen LogP contribution is -2.45. The van der Waals surface area contributed by atoms with E-state index in [0.29, 0.717) is 16.3 Å². The maximum Gasteiger partial charge on any atom is 0.329 e. The molecule has 6 nitrogen and oxygen atoms in total. The van der Waals surface area contributed by atoms with Crippen LogP contribution in [0.2, 0.25) is 5.02 Å². The summed E-state index contributed by atoms with van der Waals surface area (Å²) in [5.41, 5.74) is 1.71. The van der Waals surface area contributed by atoms with E-state index in [4.69, 9.17) is 16.3 Å². The predicted molar refractivity (Wildman–Crippen MR) is 108 cm³/mol. The molecule has 28 heavy (non-hydrogen) atoms. The molecule has 2 aromatic rings. The number of nitrogens with one attached hydrogen (secondary N) is 2. The lowest BCUT2D eigenvalue weighted by Gasteiger charge is -2.21. The number of ether oxygens (including phenoxy) is 1. The summed E-state index contributed by atoms with van der Waals surface area (Å²) in [6.45, 7) is 4.88. The van der Waals surface area contributed by atoms with Crippen molar-refractivity contribution in [2.24, 2.45) is 5.92 Å². The van der Waals surface area contributed by atoms with Gasteiger partial charge in [-0.1, -0.05) is 49.7 Å². The molecule has 0 bridgehead atoms. The van der Waals surface area contributed by atoms with E-state index in [2.05, 4.69) is 10.6 Å². The van der Waals surface area contributed by atoms with Crippen LogP contribution in [-0.2, 0) is 14.3 Å². The van der Waals surface area contributed by atoms with Gasteiger partial charge in [-0.2, -0.15) is 0 Å². The van der Waals surface area contributed by atoms with Crippen LogP contribution in [0, 0.1) is 12.8 Å². The Hall–Kier alpha value is -2.86. The van der Waals surface area contributed by atoms with Gasteiger partial charge in [0.1, 0.15) is 6.04 Å². The number of carbonyl (C=O) groups is 3. The monoisotopic (exact) mass is 402 g/mol. The van der Waals surface area contributed by atoms with Crippen molar-refractivity contribution in [3.8, 4) is 0 Å². The number of esters is 1. The molecule has 2 rings (SSSR count). The van der Waals surface area contributed by atoms with E-state index in [-0.39, 0.29) is 11.8 Å². The molecule has 0 aliphatic carbocycles. The van der Waals surface area contributed by atoms with Crippen molar-refractivity contribution >= 4 is 35.1 Å². The minimum Gasteiger partial charge on any atom is -0.454 e. The van der Waals surface area contributed by atoms with Crippen LogP contribution in [0.15, 0.2) is 48.5 Å². The van der Waals surface area contributed by atoms with Crippen molar-refractivity contribution in [2.75, 3.05) is 11.9 Å². The van der Waals surface area contributed by atoms with Crippen LogP contribution in [0.25, 0.3) is 0 Å². The van der Waals surface area contributed by atoms with Gasteiger partial charge in [0.2, 0.25) is 0 Å². The molecular weight excluding hydrogens is 380 g/mol. The third kappa shape index (κ3) is 5.82. The van der Waals surface area contributed by atoms with Crippen LogP contribution in [0.3, 0.4) is 0 Å². The predicted octanol–water partition coefficient (Wildman–Crippen LogP) is 3.58. The normalized spacial score (nSPS) is 11.6. The summed E-state index contributed by atoms with van der Waals surface area (Å²) in [5, 5.41) is 5.84. The second-order valence-electron chi connectivity index (χ2n) is 6.63. The SMILES string of the molecule is Cc1c(Cl)cccc1NC(=O)COC(=O)[C@@H](NC(=O)c1ccccc1)C(C)C. The second kappa shape index (κ2) is 9.90. The Morgan fingerprint density at radius 1 is 1.04 bits per heavy atom. The van der Waals surface area contributed by atoms with Crippen LogP contribution in [0.1, 0.15) is 29.8 Å². The van der Waals surface area contributed by atoms with E-state index >= 15 is 0 Å². The Kier molecular flexibility index (Phi) is 7.58. The Labute approximate surface area is 169 Å². The van der Waals surface area contributed by atoms with Gasteiger partial charge in [-0.3, -0.25) is 9.59 Å². The minimum absolute atomic E-state index is 0.210. The number of hydrogen-bond acceptors (Lipinski definition) is 4. The van der Waals surface area contributed by atoms with Crippen LogP contribution >= 0.6 is 11.6 Å². The van der Waals surface area contributed by atoms with Crippen molar-refractivity contribution in [1.82, 2.24) is 5.32 Å². The lowest BCUT2D eigenvalue weighted by atomic mass is 10.0. The first-order valence-electron chi connectivity index (χ1n) is 8.87. The van der Waals surface area contributed by atoms with Crippen molar-refractivity contribution in [1.29, 1.82) is 0 Å². The molecule has 0 aliphatic heterocycles. The first-order valence-corrected chi connectivity index (χ1v) is 9.25. The maximum absolute atomic E-state index is 12.4. The molecule has 2 N–H and O–H groups in total. The molecule has 0 heterocycles. The van der Waals surface area contributed by atoms with Crippen molar-refractivity contribution in [3.63, 3.8) is 0 Å². The fourth-order valence-corrected chi connectivity index (χ4v) is 2.64. The molecule has 0 saturated heterocycles. The summed E-state index contributed by atoms with van der Waals surface area (Å²) in [7, 11) is 0. The first kappa shape index (κ1) is 21.4. The number of amides is 2. The highest BCUT2D eigenvalue weighted by Crippen LogP contribution is 2.22. The quantitative estimate of drug-likeness (QED) is 0.693. The standard InChI is InChI=1S/C21H23ClN2O4/c1-13(2)19(24-20(26)15-8-5-4-6-9-15)21(27)28-12-18(25)23-17-11-7-10-16(22)14(17)3/h4-11,13,19H,12H2,1-3H3,(H,23,25)(H,24,26)/t19-/m0/s1. The van der Waals surface area contributed by atoms with E-state index in [0.717, 1.165) is 5.56 Å². The zero-order valence-corrected chi connectivity index (χ0v) is 16.7. The van der Waals surface area contributed by atoms with Crippen LogP contribution in [-0.4, -0.2) is 30.4 Å². The molecule has 0 fully saturated rings. The molecule has 2 aromatic carbocycles. The molecule has 0 radical (unpaired) electrons. The van der Waals surface area contributed by atoms with Gasteiger partial charge in [-0.25, -0.2) is 4.79 Å². The summed E-state index contributed by atoms with van der Waals surface area (Å²) >= 11 is 6.02. The Balaban J connectivity index is 1.94. The average molecular weight is 403 g/mol. The molecule has 0 aromatic heterocycles. The Bertz CT molecular complexity index is 853. The van der Waals surface area contributed by atoms with E-state index in [1.165, 1.54) is 0 Å². The number of carbonyl (C=O) groups excluding carboxylic acids is 3. The highest BCUT2D eigenvalue weighted by molar-refractivity contribution is 6.31. The second-order valence-corrected chi connectivity index (χ2v) is 7.04. The van der Waals surface area contributed by atoms with Gasteiger partial charge < -0.3 is 15.4 Å². The maximum atomic E-state index is 12.4. The molecule has 1 atom stereocenters. The average Bonchev–Trinajstić information content (AvgIpc) is 2.68. The van der Waals surface area contributed by atoms with E-state index in [1.807, 2.05) is 0 Å². The van der Waals surface area contributed by atoms with Gasteiger partial charge in [-0.15, -0.1) is 0 Å². The molecule has 0 aliphatic rings. The van der Waals surface area contributed by atoms with Crippen LogP contribution < -0.4 is 10.6 Å². The van der Waals surface area contributed by atoms with Crippen molar-refractivity contribution in [3.05, 3.63) is 64.7 Å². The largest absolute Gasteiger partial charge is 0.454 e. The minimum atomic E-state index is -0.867. The third-order valence-electron chi connectivity index (χ3n) is 4.13. The summed E-state index contributed by atoms with van der Waals surface area (Å²) in [5.74, 6) is -1.75. The Morgan fingerprint density at radius 3 is 2.36 bits per heavy atom. The molecule has 0 saturated carbocycles. The molecule has 2 amide bonds. The summed E-state index contributed by atoms with van der Waals surface area (Å²) < 4.78 is 5.11. The fourth-order valence-electron chi connectivity index (χ4n) is 2.47. The van der Waals surface area contributed by atoms with Gasteiger partial charge in [0.25, 0.3) is 11.8 Å². The third-order valence-corrected chi connectivity index (χ3v) is 4.54. The van der Waals surface area contributed by atoms with Gasteiger partial charge >= 0.3 is 5.97 Å². The van der Waals surface area contributed by atoms with Crippen molar-refractivity contribution in [2.45, 2.75) is 26.8 Å². The summed E-state index contributed by atoms with van der Waals surface area (Å²) in [4.78, 5) is 36.8. The first-order chi connectivity index (χ1) is 13.3. The topological polar surface area (TPSA) is 84.5 Å². The molecule has 0 spiro atoms. The Morgan fingerprint density at radius 2 is 1.71 bits per heavy atom. The number of benzene rings is 2. The lowest BCUT2D eigenvalue weighted by molar-refractivity contribution is -0.150. The number of anilines is 1. The van der Waals surface area contributed by atoms with Gasteiger partial charge in [0.15, 0.2) is 6.61 Å². The highest BCUT2D eigenvalue weighted by atomic mass is 35.5. The fraction of sp³-hybridized carbons (Fsp3) is 0.286. The van der Waals surface area contributed by atoms with Gasteiger partial charge in [-0.05, 0) is 42.7 Å². The molecule has 7 heteroatoms. The number of halogens is 1. The zero-order valence-electron chi connectivity index (χ0n) is 16.0. The summed E-state index contributed by atoms with van der Waals surface area (Å²) in [6.07, 6.45) is 0. The smallest absolute Gasteiger partial charge is 0.329 e. The van der Waals surface area contributed by atoms with Gasteiger partial charge in [0, 0.05) is 16.3 Å². The van der Waals surface area contributed by atoms with Crippen molar-refractivity contribution < 1.29 is 19.1 Å². The molecule has 0 unspecified atom stereocenters. The van der Waals surface area contributed by atoms with Crippen LogP contribution in [0.5, 0.6) is 0 Å². The zero-order chi connectivity index (χ0) is 20.7. The summed E-state index contributed by atoms with van der Waals surface area (Å²) in [6, 6.07) is 12.8. The molecule has 148 valence electrons. The van der Waals surface area contributed by atoms with E-state index in [9.17, 15) is 14.4 Å². The number of rotatable bonds is 7. The highest BCUT2D eigenvalue weighted by Gasteiger charge is 2.26.